The van der Waals surface area contributed by atoms with Gasteiger partial charge in [-0.1, -0.05) is 20.8 Å². The lowest BCUT2D eigenvalue weighted by molar-refractivity contribution is 0.260. The summed E-state index contributed by atoms with van der Waals surface area (Å²) < 4.78 is 0. The molecule has 0 saturated heterocycles. The Morgan fingerprint density at radius 3 is 2.00 bits per heavy atom. The zero-order valence-electron chi connectivity index (χ0n) is 8.94. The van der Waals surface area contributed by atoms with E-state index >= 15 is 0 Å². The third kappa shape index (κ3) is 6.08. The minimum absolute atomic E-state index is 0.119. The number of hydrogen-bond donors (Lipinski definition) is 2. The summed E-state index contributed by atoms with van der Waals surface area (Å²) in [5.41, 5.74) is 5.72. The molecule has 0 aromatic heterocycles. The number of rotatable bonds is 3. The van der Waals surface area contributed by atoms with Crippen molar-refractivity contribution in [1.29, 1.82) is 0 Å². The summed E-state index contributed by atoms with van der Waals surface area (Å²) in [4.78, 5) is 0. The highest BCUT2D eigenvalue weighted by Gasteiger charge is 2.23. The normalized spacial score (nSPS) is 13.8. The van der Waals surface area contributed by atoms with E-state index in [0.717, 1.165) is 6.42 Å². The van der Waals surface area contributed by atoms with Crippen LogP contribution in [-0.2, 0) is 0 Å². The molecule has 0 aromatic rings. The fourth-order valence-electron chi connectivity index (χ4n) is 1.65. The molecule has 0 aliphatic heterocycles. The number of hydrogen-bond acceptors (Lipinski definition) is 2. The van der Waals surface area contributed by atoms with Gasteiger partial charge in [0.1, 0.15) is 0 Å². The maximum Gasteiger partial charge on any atom is 0.0317 e. The largest absolute Gasteiger partial charge is 0.403 e. The first-order chi connectivity index (χ1) is 5.27. The van der Waals surface area contributed by atoms with E-state index in [2.05, 4.69) is 39.9 Å². The molecular weight excluding hydrogens is 148 g/mol. The van der Waals surface area contributed by atoms with Gasteiger partial charge in [0.15, 0.2) is 0 Å². The minimum atomic E-state index is 0.119. The molecule has 0 fully saturated rings. The third-order valence-corrected chi connectivity index (χ3v) is 1.54. The van der Waals surface area contributed by atoms with Crippen molar-refractivity contribution in [3.8, 4) is 0 Å². The number of nitrogens with two attached hydrogens (primary N) is 1. The fraction of sp³-hybridized carbons (Fsp3) is 0.800. The Morgan fingerprint density at radius 1 is 1.17 bits per heavy atom. The Labute approximate surface area is 76.2 Å². The third-order valence-electron chi connectivity index (χ3n) is 1.54. The monoisotopic (exact) mass is 170 g/mol. The maximum absolute atomic E-state index is 5.26. The van der Waals surface area contributed by atoms with E-state index in [1.54, 1.807) is 6.20 Å². The van der Waals surface area contributed by atoms with E-state index in [4.69, 9.17) is 5.73 Å². The standard InChI is InChI=1S/C10H22N2/c1-9(2,3)8-10(4,5)12-7-6-11/h6-7,12H,8,11H2,1-5H3. The van der Waals surface area contributed by atoms with Crippen LogP contribution < -0.4 is 11.1 Å². The highest BCUT2D eigenvalue weighted by molar-refractivity contribution is 4.88. The highest BCUT2D eigenvalue weighted by atomic mass is 14.9. The topological polar surface area (TPSA) is 38.0 Å². The van der Waals surface area contributed by atoms with Crippen molar-refractivity contribution in [2.75, 3.05) is 0 Å². The van der Waals surface area contributed by atoms with Crippen LogP contribution in [0, 0.1) is 5.41 Å². The van der Waals surface area contributed by atoms with Crippen LogP contribution in [0.5, 0.6) is 0 Å². The van der Waals surface area contributed by atoms with E-state index in [0.29, 0.717) is 5.41 Å². The quantitative estimate of drug-likeness (QED) is 0.681. The van der Waals surface area contributed by atoms with Crippen LogP contribution in [0.2, 0.25) is 0 Å². The molecule has 0 unspecified atom stereocenters. The Kier molecular flexibility index (Phi) is 3.62. The lowest BCUT2D eigenvalue weighted by Crippen LogP contribution is -2.39. The molecule has 0 saturated carbocycles. The van der Waals surface area contributed by atoms with Crippen LogP contribution in [0.4, 0.5) is 0 Å². The first-order valence-electron chi connectivity index (χ1n) is 4.41. The molecule has 2 heteroatoms. The molecule has 0 aromatic carbocycles. The predicted molar refractivity (Wildman–Crippen MR) is 54.6 cm³/mol. The van der Waals surface area contributed by atoms with E-state index in [-0.39, 0.29) is 5.54 Å². The highest BCUT2D eigenvalue weighted by Crippen LogP contribution is 2.26. The van der Waals surface area contributed by atoms with Crippen LogP contribution in [0.25, 0.3) is 0 Å². The molecule has 72 valence electrons. The van der Waals surface area contributed by atoms with Gasteiger partial charge in [0, 0.05) is 17.9 Å². The maximum atomic E-state index is 5.26. The molecule has 3 N–H and O–H groups in total. The molecule has 0 atom stereocenters. The Morgan fingerprint density at radius 2 is 1.67 bits per heavy atom. The second kappa shape index (κ2) is 3.83. The van der Waals surface area contributed by atoms with Crippen LogP contribution >= 0.6 is 0 Å². The summed E-state index contributed by atoms with van der Waals surface area (Å²) in [6.07, 6.45) is 4.44. The summed E-state index contributed by atoms with van der Waals surface area (Å²) in [7, 11) is 0. The van der Waals surface area contributed by atoms with Gasteiger partial charge >= 0.3 is 0 Å². The zero-order valence-corrected chi connectivity index (χ0v) is 8.94. The summed E-state index contributed by atoms with van der Waals surface area (Å²) in [6.45, 7) is 11.1. The van der Waals surface area contributed by atoms with Crippen molar-refractivity contribution in [2.24, 2.45) is 11.1 Å². The summed E-state index contributed by atoms with van der Waals surface area (Å²) in [6, 6.07) is 0. The van der Waals surface area contributed by atoms with Crippen LogP contribution in [0.15, 0.2) is 12.4 Å². The average Bonchev–Trinajstić information content (AvgIpc) is 1.78. The van der Waals surface area contributed by atoms with Crippen molar-refractivity contribution in [3.63, 3.8) is 0 Å². The van der Waals surface area contributed by atoms with Gasteiger partial charge in [-0.2, -0.15) is 0 Å². The Hall–Kier alpha value is -0.660. The van der Waals surface area contributed by atoms with Crippen molar-refractivity contribution in [3.05, 3.63) is 12.4 Å². The molecule has 0 aliphatic carbocycles. The predicted octanol–water partition coefficient (Wildman–Crippen LogP) is 2.22. The van der Waals surface area contributed by atoms with Gasteiger partial charge in [0.25, 0.3) is 0 Å². The van der Waals surface area contributed by atoms with Gasteiger partial charge in [-0.15, -0.1) is 0 Å². The van der Waals surface area contributed by atoms with Gasteiger partial charge in [-0.3, -0.25) is 0 Å². The zero-order chi connectivity index (χ0) is 9.83. The van der Waals surface area contributed by atoms with Crippen LogP contribution in [-0.4, -0.2) is 5.54 Å². The van der Waals surface area contributed by atoms with Gasteiger partial charge in [0.2, 0.25) is 0 Å². The van der Waals surface area contributed by atoms with Gasteiger partial charge in [0.05, 0.1) is 0 Å². The van der Waals surface area contributed by atoms with Crippen molar-refractivity contribution in [1.82, 2.24) is 5.32 Å². The van der Waals surface area contributed by atoms with E-state index in [1.807, 2.05) is 0 Å². The summed E-state index contributed by atoms with van der Waals surface area (Å²) in [5, 5.41) is 3.26. The van der Waals surface area contributed by atoms with E-state index in [9.17, 15) is 0 Å². The lowest BCUT2D eigenvalue weighted by Gasteiger charge is -2.32. The molecular formula is C10H22N2. The number of nitrogens with one attached hydrogen (secondary N) is 1. The first-order valence-corrected chi connectivity index (χ1v) is 4.41. The van der Waals surface area contributed by atoms with Crippen LogP contribution in [0.3, 0.4) is 0 Å². The van der Waals surface area contributed by atoms with Gasteiger partial charge < -0.3 is 11.1 Å². The molecule has 0 aliphatic rings. The molecule has 2 nitrogen and oxygen atoms in total. The summed E-state index contributed by atoms with van der Waals surface area (Å²) in [5.74, 6) is 0. The van der Waals surface area contributed by atoms with Gasteiger partial charge in [-0.25, -0.2) is 0 Å². The minimum Gasteiger partial charge on any atom is -0.403 e. The van der Waals surface area contributed by atoms with E-state index < -0.39 is 0 Å². The average molecular weight is 170 g/mol. The molecule has 0 spiro atoms. The smallest absolute Gasteiger partial charge is 0.0317 e. The van der Waals surface area contributed by atoms with Crippen molar-refractivity contribution < 1.29 is 0 Å². The van der Waals surface area contributed by atoms with Crippen molar-refractivity contribution in [2.45, 2.75) is 46.6 Å². The molecule has 0 amide bonds. The van der Waals surface area contributed by atoms with E-state index in [1.165, 1.54) is 6.20 Å². The molecule has 0 heterocycles. The van der Waals surface area contributed by atoms with Crippen molar-refractivity contribution >= 4 is 0 Å². The molecule has 0 radical (unpaired) electrons. The fourth-order valence-corrected chi connectivity index (χ4v) is 1.65. The Bertz CT molecular complexity index is 152. The van der Waals surface area contributed by atoms with Gasteiger partial charge in [-0.05, 0) is 25.7 Å². The lowest BCUT2D eigenvalue weighted by atomic mass is 9.82. The second-order valence-electron chi connectivity index (χ2n) is 5.12. The molecule has 0 rings (SSSR count). The SMILES string of the molecule is CC(C)(C)CC(C)(C)NC=CN. The Balaban J connectivity index is 4.04. The first kappa shape index (κ1) is 11.3. The molecule has 12 heavy (non-hydrogen) atoms. The second-order valence-corrected chi connectivity index (χ2v) is 5.12. The molecule has 0 bridgehead atoms. The summed E-state index contributed by atoms with van der Waals surface area (Å²) >= 11 is 0. The van der Waals surface area contributed by atoms with Crippen LogP contribution in [0.1, 0.15) is 41.0 Å².